The number of carbonyl (C=O) groups is 1. The van der Waals surface area contributed by atoms with Crippen LogP contribution < -0.4 is 11.1 Å². The van der Waals surface area contributed by atoms with Crippen molar-refractivity contribution in [2.75, 3.05) is 5.32 Å². The Morgan fingerprint density at radius 1 is 1.10 bits per heavy atom. The SMILES string of the molecule is Cc1cc([C@@H](C)Nc2ccc(Cl)nc2C(=O)O)c2nc(/C(C=Nc3ccc(C#N)cc3)=C/N)c(C#N)nc2c1. The minimum absolute atomic E-state index is 0.0647. The number of aryl methyl sites for hydroxylation is 1. The zero-order chi connectivity index (χ0) is 28.1. The van der Waals surface area contributed by atoms with Gasteiger partial charge in [0.15, 0.2) is 11.4 Å². The van der Waals surface area contributed by atoms with Gasteiger partial charge >= 0.3 is 5.97 Å². The van der Waals surface area contributed by atoms with E-state index in [1.807, 2.05) is 26.0 Å². The second kappa shape index (κ2) is 11.4. The minimum Gasteiger partial charge on any atom is -0.476 e. The van der Waals surface area contributed by atoms with E-state index in [9.17, 15) is 15.2 Å². The molecule has 0 saturated heterocycles. The summed E-state index contributed by atoms with van der Waals surface area (Å²) in [6, 6.07) is 17.1. The lowest BCUT2D eigenvalue weighted by Crippen LogP contribution is -2.14. The standard InChI is InChI=1S/C28H21ClN8O2/c1-15-9-20(16(2)34-21-7-8-24(29)36-27(21)28(38)39)26-22(10-15)35-23(13-32)25(37-26)18(12-31)14-33-19-5-3-17(11-30)4-6-19/h3-10,12,14,16,34H,31H2,1-2H3,(H,38,39)/b18-12+,33-14?/t16-/m1/s1. The van der Waals surface area contributed by atoms with Gasteiger partial charge in [0.25, 0.3) is 0 Å². The first-order chi connectivity index (χ1) is 18.7. The number of nitriles is 2. The highest BCUT2D eigenvalue weighted by Crippen LogP contribution is 2.30. The fourth-order valence-corrected chi connectivity index (χ4v) is 4.06. The summed E-state index contributed by atoms with van der Waals surface area (Å²) < 4.78 is 0. The molecule has 0 bridgehead atoms. The Hall–Kier alpha value is -5.32. The molecular formula is C28H21ClN8O2. The number of aromatic nitrogens is 3. The summed E-state index contributed by atoms with van der Waals surface area (Å²) in [6.07, 6.45) is 2.77. The molecule has 2 aromatic carbocycles. The van der Waals surface area contributed by atoms with Gasteiger partial charge in [-0.1, -0.05) is 17.7 Å². The van der Waals surface area contributed by atoms with E-state index in [0.29, 0.717) is 27.9 Å². The van der Waals surface area contributed by atoms with Crippen molar-refractivity contribution in [2.24, 2.45) is 10.7 Å². The van der Waals surface area contributed by atoms with Gasteiger partial charge in [-0.15, -0.1) is 0 Å². The molecule has 4 aromatic rings. The van der Waals surface area contributed by atoms with Crippen LogP contribution >= 0.6 is 11.6 Å². The second-order valence-electron chi connectivity index (χ2n) is 8.49. The number of carboxylic acid groups (broad SMARTS) is 1. The highest BCUT2D eigenvalue weighted by Gasteiger charge is 2.20. The van der Waals surface area contributed by atoms with Gasteiger partial charge in [-0.3, -0.25) is 4.99 Å². The number of fused-ring (bicyclic) bond motifs is 1. The van der Waals surface area contributed by atoms with Crippen molar-refractivity contribution in [3.8, 4) is 12.1 Å². The largest absolute Gasteiger partial charge is 0.476 e. The average molecular weight is 537 g/mol. The zero-order valence-electron chi connectivity index (χ0n) is 20.8. The van der Waals surface area contributed by atoms with E-state index in [1.165, 1.54) is 18.5 Å². The Morgan fingerprint density at radius 2 is 1.85 bits per heavy atom. The van der Waals surface area contributed by atoms with Gasteiger partial charge in [0.2, 0.25) is 0 Å². The number of aromatic carboxylic acids is 1. The number of anilines is 1. The molecule has 39 heavy (non-hydrogen) atoms. The average Bonchev–Trinajstić information content (AvgIpc) is 2.93. The summed E-state index contributed by atoms with van der Waals surface area (Å²) in [4.78, 5) is 29.3. The first kappa shape index (κ1) is 26.7. The predicted molar refractivity (Wildman–Crippen MR) is 149 cm³/mol. The molecule has 1 atom stereocenters. The second-order valence-corrected chi connectivity index (χ2v) is 8.88. The van der Waals surface area contributed by atoms with Crippen molar-refractivity contribution in [1.82, 2.24) is 15.0 Å². The number of allylic oxidation sites excluding steroid dienone is 1. The normalized spacial score (nSPS) is 12.2. The number of hydrogen-bond acceptors (Lipinski definition) is 9. The molecule has 0 aliphatic rings. The zero-order valence-corrected chi connectivity index (χ0v) is 21.6. The first-order valence-corrected chi connectivity index (χ1v) is 12.0. The van der Waals surface area contributed by atoms with Gasteiger partial charge in [0.05, 0.1) is 40.1 Å². The number of hydrogen-bond donors (Lipinski definition) is 3. The van der Waals surface area contributed by atoms with Crippen LogP contribution in [0.4, 0.5) is 11.4 Å². The van der Waals surface area contributed by atoms with Crippen molar-refractivity contribution in [3.05, 3.63) is 93.7 Å². The number of benzene rings is 2. The van der Waals surface area contributed by atoms with E-state index in [0.717, 1.165) is 11.1 Å². The van der Waals surface area contributed by atoms with Gasteiger partial charge in [0, 0.05) is 23.6 Å². The Kier molecular flexibility index (Phi) is 7.80. The molecule has 0 aliphatic heterocycles. The first-order valence-electron chi connectivity index (χ1n) is 11.6. The molecule has 10 nitrogen and oxygen atoms in total. The number of aliphatic imine (C=N–C) groups is 1. The van der Waals surface area contributed by atoms with Crippen LogP contribution in [0.3, 0.4) is 0 Å². The Balaban J connectivity index is 1.79. The monoisotopic (exact) mass is 536 g/mol. The van der Waals surface area contributed by atoms with Gasteiger partial charge in [-0.2, -0.15) is 10.5 Å². The molecule has 11 heteroatoms. The quantitative estimate of drug-likeness (QED) is 0.209. The molecule has 4 rings (SSSR count). The predicted octanol–water partition coefficient (Wildman–Crippen LogP) is 5.30. The number of nitrogens with zero attached hydrogens (tertiary/aromatic N) is 6. The van der Waals surface area contributed by atoms with Crippen LogP contribution in [0.25, 0.3) is 16.6 Å². The van der Waals surface area contributed by atoms with Crippen LogP contribution in [0, 0.1) is 29.6 Å². The third-order valence-corrected chi connectivity index (χ3v) is 5.96. The van der Waals surface area contributed by atoms with E-state index in [-0.39, 0.29) is 27.9 Å². The molecule has 0 fully saturated rings. The summed E-state index contributed by atoms with van der Waals surface area (Å²) >= 11 is 5.90. The molecule has 0 aliphatic carbocycles. The van der Waals surface area contributed by atoms with Crippen LogP contribution in [-0.2, 0) is 0 Å². The number of nitrogens with two attached hydrogens (primary N) is 1. The molecular weight excluding hydrogens is 516 g/mol. The van der Waals surface area contributed by atoms with E-state index >= 15 is 0 Å². The summed E-state index contributed by atoms with van der Waals surface area (Å²) in [6.45, 7) is 3.74. The molecule has 2 heterocycles. The highest BCUT2D eigenvalue weighted by atomic mass is 35.5. The summed E-state index contributed by atoms with van der Waals surface area (Å²) in [5.74, 6) is -1.22. The lowest BCUT2D eigenvalue weighted by Gasteiger charge is -2.19. The van der Waals surface area contributed by atoms with Crippen molar-refractivity contribution in [1.29, 1.82) is 10.5 Å². The van der Waals surface area contributed by atoms with Gasteiger partial charge in [-0.05, 0) is 61.9 Å². The van der Waals surface area contributed by atoms with E-state index in [4.69, 9.17) is 27.6 Å². The number of rotatable bonds is 7. The van der Waals surface area contributed by atoms with Gasteiger partial charge < -0.3 is 16.2 Å². The van der Waals surface area contributed by atoms with Crippen molar-refractivity contribution < 1.29 is 9.90 Å². The van der Waals surface area contributed by atoms with Crippen LogP contribution in [0.2, 0.25) is 5.15 Å². The molecule has 192 valence electrons. The van der Waals surface area contributed by atoms with Crippen LogP contribution in [0.1, 0.15) is 51.5 Å². The number of nitrogens with one attached hydrogen (secondary N) is 1. The van der Waals surface area contributed by atoms with E-state index in [2.05, 4.69) is 32.4 Å². The Labute approximate surface area is 228 Å². The Bertz CT molecular complexity index is 1730. The van der Waals surface area contributed by atoms with E-state index < -0.39 is 12.0 Å². The molecule has 0 radical (unpaired) electrons. The summed E-state index contributed by atoms with van der Waals surface area (Å²) in [5.41, 5.74) is 10.3. The fourth-order valence-electron chi connectivity index (χ4n) is 3.92. The van der Waals surface area contributed by atoms with Crippen LogP contribution in [0.15, 0.2) is 59.7 Å². The number of carboxylic acids is 1. The van der Waals surface area contributed by atoms with Gasteiger partial charge in [-0.25, -0.2) is 19.7 Å². The third kappa shape index (κ3) is 5.82. The molecule has 4 N–H and O–H groups in total. The van der Waals surface area contributed by atoms with Gasteiger partial charge in [0.1, 0.15) is 16.9 Å². The Morgan fingerprint density at radius 3 is 2.49 bits per heavy atom. The van der Waals surface area contributed by atoms with Crippen LogP contribution in [-0.4, -0.2) is 32.2 Å². The highest BCUT2D eigenvalue weighted by molar-refractivity contribution is 6.29. The lowest BCUT2D eigenvalue weighted by molar-refractivity contribution is 0.0691. The molecule has 0 spiro atoms. The molecule has 2 aromatic heterocycles. The minimum atomic E-state index is -1.22. The van der Waals surface area contributed by atoms with Crippen molar-refractivity contribution in [3.63, 3.8) is 0 Å². The van der Waals surface area contributed by atoms with E-state index in [1.54, 1.807) is 30.3 Å². The molecule has 0 amide bonds. The third-order valence-electron chi connectivity index (χ3n) is 5.75. The maximum atomic E-state index is 11.7. The molecule has 0 unspecified atom stereocenters. The lowest BCUT2D eigenvalue weighted by atomic mass is 10.0. The summed E-state index contributed by atoms with van der Waals surface area (Å²) in [5, 5.41) is 31.6. The topological polar surface area (TPSA) is 174 Å². The molecule has 0 saturated carbocycles. The number of halogens is 1. The smallest absolute Gasteiger partial charge is 0.356 e. The van der Waals surface area contributed by atoms with Crippen LogP contribution in [0.5, 0.6) is 0 Å². The number of pyridine rings is 1. The maximum absolute atomic E-state index is 11.7. The summed E-state index contributed by atoms with van der Waals surface area (Å²) in [7, 11) is 0. The van der Waals surface area contributed by atoms with Crippen molar-refractivity contribution in [2.45, 2.75) is 19.9 Å². The fraction of sp³-hybridized carbons (Fsp3) is 0.107. The maximum Gasteiger partial charge on any atom is 0.356 e. The van der Waals surface area contributed by atoms with Crippen molar-refractivity contribution >= 4 is 51.8 Å².